The molecule has 0 radical (unpaired) electrons. The van der Waals surface area contributed by atoms with Crippen LogP contribution in [0.25, 0.3) is 0 Å². The van der Waals surface area contributed by atoms with Gasteiger partial charge in [-0.05, 0) is 43.7 Å². The van der Waals surface area contributed by atoms with Crippen LogP contribution in [0.5, 0.6) is 17.2 Å². The number of nitrogens with zero attached hydrogens (tertiary/aromatic N) is 1. The molecule has 0 fully saturated rings. The molecule has 6 heteroatoms. The summed E-state index contributed by atoms with van der Waals surface area (Å²) in [5.74, 6) is 2.49. The fourth-order valence-electron chi connectivity index (χ4n) is 2.31. The Kier molecular flexibility index (Phi) is 8.12. The van der Waals surface area contributed by atoms with Gasteiger partial charge in [-0.1, -0.05) is 18.2 Å². The second-order valence-corrected chi connectivity index (χ2v) is 5.63. The molecular formula is C20H27N3O3. The molecule has 0 atom stereocenters. The van der Waals surface area contributed by atoms with Crippen molar-refractivity contribution in [1.82, 2.24) is 10.6 Å². The first-order valence-electron chi connectivity index (χ1n) is 8.79. The third-order valence-corrected chi connectivity index (χ3v) is 3.66. The molecule has 6 nitrogen and oxygen atoms in total. The van der Waals surface area contributed by atoms with E-state index in [0.29, 0.717) is 30.4 Å². The van der Waals surface area contributed by atoms with Crippen molar-refractivity contribution >= 4 is 5.96 Å². The Morgan fingerprint density at radius 1 is 1.08 bits per heavy atom. The number of para-hydroxylation sites is 1. The average Bonchev–Trinajstić information content (AvgIpc) is 2.67. The normalized spacial score (nSPS) is 11.1. The number of hydrogen-bond acceptors (Lipinski definition) is 4. The third-order valence-electron chi connectivity index (χ3n) is 3.66. The van der Waals surface area contributed by atoms with Crippen molar-refractivity contribution in [1.29, 1.82) is 0 Å². The van der Waals surface area contributed by atoms with Crippen molar-refractivity contribution in [3.63, 3.8) is 0 Å². The largest absolute Gasteiger partial charge is 0.508 e. The number of nitrogens with one attached hydrogen (secondary N) is 2. The van der Waals surface area contributed by atoms with Crippen molar-refractivity contribution in [3.05, 3.63) is 54.1 Å². The molecule has 0 aromatic heterocycles. The topological polar surface area (TPSA) is 75.1 Å². The number of rotatable bonds is 9. The number of hydrogen-bond donors (Lipinski definition) is 3. The summed E-state index contributed by atoms with van der Waals surface area (Å²) in [6.07, 6.45) is 0.851. The van der Waals surface area contributed by atoms with Gasteiger partial charge in [0, 0.05) is 18.7 Å². The lowest BCUT2D eigenvalue weighted by molar-refractivity contribution is 0.311. The Morgan fingerprint density at radius 2 is 1.88 bits per heavy atom. The monoisotopic (exact) mass is 357 g/mol. The van der Waals surface area contributed by atoms with Crippen molar-refractivity contribution in [3.8, 4) is 17.2 Å². The van der Waals surface area contributed by atoms with Crippen molar-refractivity contribution in [2.75, 3.05) is 26.8 Å². The molecule has 0 spiro atoms. The van der Waals surface area contributed by atoms with Gasteiger partial charge in [0.15, 0.2) is 5.96 Å². The number of aromatic hydroxyl groups is 1. The predicted octanol–water partition coefficient (Wildman–Crippen LogP) is 2.93. The first kappa shape index (κ1) is 19.4. The lowest BCUT2D eigenvalue weighted by atomic mass is 10.2. The quantitative estimate of drug-likeness (QED) is 0.365. The summed E-state index contributed by atoms with van der Waals surface area (Å²) in [6, 6.07) is 14.9. The summed E-state index contributed by atoms with van der Waals surface area (Å²) >= 11 is 0. The number of ether oxygens (including phenoxy) is 2. The van der Waals surface area contributed by atoms with Crippen LogP contribution < -0.4 is 20.1 Å². The smallest absolute Gasteiger partial charge is 0.191 e. The van der Waals surface area contributed by atoms with Gasteiger partial charge in [-0.3, -0.25) is 0 Å². The van der Waals surface area contributed by atoms with Gasteiger partial charge in [0.25, 0.3) is 0 Å². The fourth-order valence-corrected chi connectivity index (χ4v) is 2.31. The van der Waals surface area contributed by atoms with Gasteiger partial charge in [0.2, 0.25) is 0 Å². The van der Waals surface area contributed by atoms with E-state index in [0.717, 1.165) is 25.3 Å². The van der Waals surface area contributed by atoms with Crippen LogP contribution in [0.1, 0.15) is 18.9 Å². The number of methoxy groups -OCH3 is 1. The molecule has 0 aliphatic carbocycles. The Balaban J connectivity index is 1.81. The van der Waals surface area contributed by atoms with Gasteiger partial charge in [-0.2, -0.15) is 0 Å². The molecule has 2 rings (SSSR count). The maximum atomic E-state index is 9.95. The van der Waals surface area contributed by atoms with Crippen molar-refractivity contribution < 1.29 is 14.6 Å². The van der Waals surface area contributed by atoms with E-state index in [2.05, 4.69) is 15.6 Å². The number of phenols is 1. The summed E-state index contributed by atoms with van der Waals surface area (Å²) in [6.45, 7) is 4.50. The predicted molar refractivity (Wildman–Crippen MR) is 104 cm³/mol. The fraction of sp³-hybridized carbons (Fsp3) is 0.350. The summed E-state index contributed by atoms with van der Waals surface area (Å²) in [7, 11) is 1.60. The molecule has 26 heavy (non-hydrogen) atoms. The Hall–Kier alpha value is -2.89. The maximum absolute atomic E-state index is 9.95. The van der Waals surface area contributed by atoms with Crippen molar-refractivity contribution in [2.45, 2.75) is 19.9 Å². The minimum atomic E-state index is 0.210. The molecule has 3 N–H and O–H groups in total. The Bertz CT molecular complexity index is 690. The van der Waals surface area contributed by atoms with Gasteiger partial charge in [0.1, 0.15) is 17.2 Å². The second-order valence-electron chi connectivity index (χ2n) is 5.63. The summed E-state index contributed by atoms with van der Waals surface area (Å²) < 4.78 is 10.9. The third kappa shape index (κ3) is 6.55. The number of aliphatic imine (C=N–C) groups is 1. The highest BCUT2D eigenvalue weighted by Crippen LogP contribution is 2.23. The van der Waals surface area contributed by atoms with Crippen LogP contribution in [0.15, 0.2) is 53.5 Å². The molecule has 0 bridgehead atoms. The standard InChI is InChI=1S/C20H27N3O3/c1-3-21-20(22-12-7-13-26-17-8-5-4-6-9-17)23-15-16-14-18(25-2)10-11-19(16)24/h4-6,8-11,14,24H,3,7,12-13,15H2,1-2H3,(H2,21,22,23). The molecule has 140 valence electrons. The molecule has 2 aromatic rings. The summed E-state index contributed by atoms with van der Waals surface area (Å²) in [5, 5.41) is 16.4. The van der Waals surface area contributed by atoms with E-state index >= 15 is 0 Å². The highest BCUT2D eigenvalue weighted by atomic mass is 16.5. The SMILES string of the molecule is CCNC(=NCc1cc(OC)ccc1O)NCCCOc1ccccc1. The van der Waals surface area contributed by atoms with Gasteiger partial charge in [0.05, 0.1) is 20.3 Å². The average molecular weight is 357 g/mol. The molecule has 0 amide bonds. The molecule has 0 aliphatic heterocycles. The molecule has 0 saturated heterocycles. The maximum Gasteiger partial charge on any atom is 0.191 e. The van der Waals surface area contributed by atoms with Crippen LogP contribution in [0, 0.1) is 0 Å². The lowest BCUT2D eigenvalue weighted by Crippen LogP contribution is -2.38. The molecule has 0 heterocycles. The summed E-state index contributed by atoms with van der Waals surface area (Å²) in [5.41, 5.74) is 0.717. The van der Waals surface area contributed by atoms with E-state index in [-0.39, 0.29) is 5.75 Å². The number of phenolic OH excluding ortho intramolecular Hbond substituents is 1. The first-order chi connectivity index (χ1) is 12.7. The summed E-state index contributed by atoms with van der Waals surface area (Å²) in [4.78, 5) is 4.51. The van der Waals surface area contributed by atoms with E-state index in [1.807, 2.05) is 37.3 Å². The number of benzene rings is 2. The molecule has 0 aliphatic rings. The zero-order valence-corrected chi connectivity index (χ0v) is 15.4. The zero-order chi connectivity index (χ0) is 18.6. The Morgan fingerprint density at radius 3 is 2.62 bits per heavy atom. The van der Waals surface area contributed by atoms with Gasteiger partial charge in [-0.25, -0.2) is 4.99 Å². The van der Waals surface area contributed by atoms with E-state index in [4.69, 9.17) is 9.47 Å². The van der Waals surface area contributed by atoms with Crippen LogP contribution >= 0.6 is 0 Å². The van der Waals surface area contributed by atoms with Crippen LogP contribution in [-0.4, -0.2) is 37.9 Å². The van der Waals surface area contributed by atoms with Crippen molar-refractivity contribution in [2.24, 2.45) is 4.99 Å². The number of guanidine groups is 1. The van der Waals surface area contributed by atoms with Gasteiger partial charge in [-0.15, -0.1) is 0 Å². The van der Waals surface area contributed by atoms with Crippen LogP contribution in [0.4, 0.5) is 0 Å². The minimum Gasteiger partial charge on any atom is -0.508 e. The van der Waals surface area contributed by atoms with E-state index in [1.54, 1.807) is 25.3 Å². The highest BCUT2D eigenvalue weighted by molar-refractivity contribution is 5.79. The van der Waals surface area contributed by atoms with Gasteiger partial charge >= 0.3 is 0 Å². The lowest BCUT2D eigenvalue weighted by Gasteiger charge is -2.12. The van der Waals surface area contributed by atoms with Crippen LogP contribution in [0.3, 0.4) is 0 Å². The zero-order valence-electron chi connectivity index (χ0n) is 15.4. The Labute approximate surface area is 154 Å². The first-order valence-corrected chi connectivity index (χ1v) is 8.79. The van der Waals surface area contributed by atoms with E-state index in [1.165, 1.54) is 0 Å². The van der Waals surface area contributed by atoms with E-state index < -0.39 is 0 Å². The van der Waals surface area contributed by atoms with E-state index in [9.17, 15) is 5.11 Å². The molecule has 0 unspecified atom stereocenters. The highest BCUT2D eigenvalue weighted by Gasteiger charge is 2.04. The van der Waals surface area contributed by atoms with Crippen LogP contribution in [-0.2, 0) is 6.54 Å². The second kappa shape index (κ2) is 10.9. The van der Waals surface area contributed by atoms with Crippen LogP contribution in [0.2, 0.25) is 0 Å². The molecule has 0 saturated carbocycles. The van der Waals surface area contributed by atoms with Gasteiger partial charge < -0.3 is 25.2 Å². The minimum absolute atomic E-state index is 0.210. The molecular weight excluding hydrogens is 330 g/mol. The molecule has 2 aromatic carbocycles.